The number of fused-ring (bicyclic) bond motifs is 1. The van der Waals surface area contributed by atoms with E-state index in [4.69, 9.17) is 9.72 Å². The number of amides is 2. The summed E-state index contributed by atoms with van der Waals surface area (Å²) in [5.41, 5.74) is 0.463. The number of carbonyl (C=O) groups is 2. The average Bonchev–Trinajstić information content (AvgIpc) is 3.61. The standard InChI is InChI=1S/C24H24N4O3.H2/c1-31-18-8-6-17(7-9-18)24(10-11-24)23(30)27-20-14-16-4-2-3-5-19(16)22(26-20)28-13-12-25-21(29)15-28;/h2-9,14H,10-13,15H2,1H3,(H,25,29)(H,26,27,30);1H. The third kappa shape index (κ3) is 3.56. The Kier molecular flexibility index (Phi) is 4.73. The Hall–Kier alpha value is -3.61. The first-order valence-electron chi connectivity index (χ1n) is 10.5. The number of hydrogen-bond donors (Lipinski definition) is 2. The molecule has 7 heteroatoms. The lowest BCUT2D eigenvalue weighted by Gasteiger charge is -2.29. The van der Waals surface area contributed by atoms with Crippen LogP contribution in [0.1, 0.15) is 19.8 Å². The van der Waals surface area contributed by atoms with Gasteiger partial charge >= 0.3 is 0 Å². The van der Waals surface area contributed by atoms with Gasteiger partial charge in [0.1, 0.15) is 17.4 Å². The van der Waals surface area contributed by atoms with Crippen LogP contribution in [0, 0.1) is 0 Å². The number of aromatic nitrogens is 1. The van der Waals surface area contributed by atoms with Crippen molar-refractivity contribution in [2.75, 3.05) is 37.0 Å². The van der Waals surface area contributed by atoms with Crippen molar-refractivity contribution in [1.29, 1.82) is 0 Å². The molecule has 1 saturated heterocycles. The van der Waals surface area contributed by atoms with E-state index in [0.717, 1.165) is 40.7 Å². The highest BCUT2D eigenvalue weighted by Gasteiger charge is 2.51. The van der Waals surface area contributed by atoms with Crippen LogP contribution in [0.25, 0.3) is 10.8 Å². The Morgan fingerprint density at radius 1 is 1.19 bits per heavy atom. The van der Waals surface area contributed by atoms with Crippen molar-refractivity contribution in [2.24, 2.45) is 0 Å². The molecule has 0 atom stereocenters. The number of benzene rings is 2. The number of ether oxygens (including phenoxy) is 1. The Bertz CT molecular complexity index is 1160. The monoisotopic (exact) mass is 418 g/mol. The Morgan fingerprint density at radius 2 is 1.97 bits per heavy atom. The Balaban J connectivity index is 0.00000245. The lowest BCUT2D eigenvalue weighted by Crippen LogP contribution is -2.48. The van der Waals surface area contributed by atoms with Crippen molar-refractivity contribution in [3.05, 3.63) is 60.2 Å². The quantitative estimate of drug-likeness (QED) is 0.665. The van der Waals surface area contributed by atoms with Gasteiger partial charge in [-0.25, -0.2) is 4.98 Å². The molecule has 0 spiro atoms. The van der Waals surface area contributed by atoms with Gasteiger partial charge in [-0.3, -0.25) is 9.59 Å². The number of nitrogens with zero attached hydrogens (tertiary/aromatic N) is 2. The zero-order chi connectivity index (χ0) is 21.4. The Morgan fingerprint density at radius 3 is 2.68 bits per heavy atom. The van der Waals surface area contributed by atoms with Crippen molar-refractivity contribution >= 4 is 34.2 Å². The normalized spacial score (nSPS) is 17.2. The number of rotatable bonds is 5. The van der Waals surface area contributed by atoms with E-state index in [9.17, 15) is 9.59 Å². The topological polar surface area (TPSA) is 83.6 Å². The second-order valence-corrected chi connectivity index (χ2v) is 8.09. The van der Waals surface area contributed by atoms with Crippen molar-refractivity contribution in [3.63, 3.8) is 0 Å². The number of piperazine rings is 1. The maximum atomic E-state index is 13.3. The maximum Gasteiger partial charge on any atom is 0.239 e. The van der Waals surface area contributed by atoms with E-state index in [1.807, 2.05) is 59.5 Å². The summed E-state index contributed by atoms with van der Waals surface area (Å²) in [6.07, 6.45) is 1.61. The van der Waals surface area contributed by atoms with Crippen molar-refractivity contribution < 1.29 is 15.8 Å². The fourth-order valence-corrected chi connectivity index (χ4v) is 4.22. The van der Waals surface area contributed by atoms with Gasteiger partial charge in [0.15, 0.2) is 0 Å². The van der Waals surface area contributed by atoms with E-state index >= 15 is 0 Å². The van der Waals surface area contributed by atoms with Crippen LogP contribution in [0.5, 0.6) is 5.75 Å². The first-order chi connectivity index (χ1) is 15.1. The van der Waals surface area contributed by atoms with E-state index in [1.54, 1.807) is 7.11 Å². The minimum atomic E-state index is -0.523. The zero-order valence-electron chi connectivity index (χ0n) is 17.4. The molecule has 1 aliphatic heterocycles. The van der Waals surface area contributed by atoms with Gasteiger partial charge in [-0.2, -0.15) is 0 Å². The first kappa shape index (κ1) is 19.4. The fraction of sp³-hybridized carbons (Fsp3) is 0.292. The molecule has 2 aliphatic rings. The summed E-state index contributed by atoms with van der Waals surface area (Å²) in [6.45, 7) is 1.51. The molecule has 2 fully saturated rings. The molecule has 31 heavy (non-hydrogen) atoms. The predicted molar refractivity (Wildman–Crippen MR) is 122 cm³/mol. The summed E-state index contributed by atoms with van der Waals surface area (Å²) >= 11 is 0. The molecular weight excluding hydrogens is 392 g/mol. The second kappa shape index (κ2) is 7.58. The summed E-state index contributed by atoms with van der Waals surface area (Å²) in [5, 5.41) is 7.83. The summed E-state index contributed by atoms with van der Waals surface area (Å²) in [6, 6.07) is 17.5. The summed E-state index contributed by atoms with van der Waals surface area (Å²) in [5.74, 6) is 1.92. The van der Waals surface area contributed by atoms with Gasteiger partial charge in [-0.1, -0.05) is 36.4 Å². The van der Waals surface area contributed by atoms with Gasteiger partial charge in [0.25, 0.3) is 0 Å². The van der Waals surface area contributed by atoms with Gasteiger partial charge in [0.2, 0.25) is 11.8 Å². The third-order valence-electron chi connectivity index (χ3n) is 6.13. The van der Waals surface area contributed by atoms with E-state index in [0.29, 0.717) is 18.9 Å². The van der Waals surface area contributed by atoms with E-state index in [-0.39, 0.29) is 19.8 Å². The van der Waals surface area contributed by atoms with Crippen LogP contribution in [0.4, 0.5) is 11.6 Å². The van der Waals surface area contributed by atoms with Crippen LogP contribution in [0.15, 0.2) is 54.6 Å². The molecule has 0 radical (unpaired) electrons. The number of nitrogens with one attached hydrogen (secondary N) is 2. The molecule has 5 rings (SSSR count). The molecule has 1 aliphatic carbocycles. The molecule has 0 unspecified atom stereocenters. The number of hydrogen-bond acceptors (Lipinski definition) is 5. The van der Waals surface area contributed by atoms with E-state index < -0.39 is 5.41 Å². The molecule has 3 aromatic rings. The SMILES string of the molecule is COc1ccc(C2(C(=O)Nc3cc4ccccc4c(N4CCNC(=O)C4)n3)CC2)cc1.[HH]. The minimum Gasteiger partial charge on any atom is -0.497 e. The molecular formula is C24H26N4O3. The van der Waals surface area contributed by atoms with Gasteiger partial charge in [-0.05, 0) is 42.0 Å². The molecule has 160 valence electrons. The molecule has 0 bridgehead atoms. The van der Waals surface area contributed by atoms with Crippen LogP contribution in [-0.4, -0.2) is 43.5 Å². The average molecular weight is 418 g/mol. The van der Waals surface area contributed by atoms with Crippen LogP contribution in [0.3, 0.4) is 0 Å². The highest BCUT2D eigenvalue weighted by Crippen LogP contribution is 2.49. The molecule has 7 nitrogen and oxygen atoms in total. The Labute approximate surface area is 181 Å². The van der Waals surface area contributed by atoms with Crippen molar-refractivity contribution in [2.45, 2.75) is 18.3 Å². The molecule has 2 amide bonds. The number of anilines is 2. The third-order valence-corrected chi connectivity index (χ3v) is 6.13. The number of pyridine rings is 1. The molecule has 2 aromatic carbocycles. The van der Waals surface area contributed by atoms with Gasteiger partial charge in [0, 0.05) is 19.9 Å². The summed E-state index contributed by atoms with van der Waals surface area (Å²) < 4.78 is 5.23. The van der Waals surface area contributed by atoms with E-state index in [1.165, 1.54) is 0 Å². The molecule has 2 heterocycles. The summed E-state index contributed by atoms with van der Waals surface area (Å²) in [4.78, 5) is 31.9. The lowest BCUT2D eigenvalue weighted by atomic mass is 9.95. The van der Waals surface area contributed by atoms with Crippen molar-refractivity contribution in [3.8, 4) is 5.75 Å². The van der Waals surface area contributed by atoms with E-state index in [2.05, 4.69) is 10.6 Å². The van der Waals surface area contributed by atoms with Gasteiger partial charge in [-0.15, -0.1) is 0 Å². The van der Waals surface area contributed by atoms with Crippen molar-refractivity contribution in [1.82, 2.24) is 10.3 Å². The van der Waals surface area contributed by atoms with Crippen LogP contribution < -0.4 is 20.3 Å². The second-order valence-electron chi connectivity index (χ2n) is 8.09. The highest BCUT2D eigenvalue weighted by molar-refractivity contribution is 6.03. The smallest absolute Gasteiger partial charge is 0.239 e. The highest BCUT2D eigenvalue weighted by atomic mass is 16.5. The zero-order valence-corrected chi connectivity index (χ0v) is 17.4. The maximum absolute atomic E-state index is 13.3. The van der Waals surface area contributed by atoms with Gasteiger partial charge < -0.3 is 20.3 Å². The fourth-order valence-electron chi connectivity index (χ4n) is 4.22. The minimum absolute atomic E-state index is 0. The predicted octanol–water partition coefficient (Wildman–Crippen LogP) is 3.10. The van der Waals surface area contributed by atoms with Crippen LogP contribution in [0.2, 0.25) is 0 Å². The molecule has 1 saturated carbocycles. The number of carbonyl (C=O) groups excluding carboxylic acids is 2. The lowest BCUT2D eigenvalue weighted by molar-refractivity contribution is -0.120. The van der Waals surface area contributed by atoms with Crippen LogP contribution in [-0.2, 0) is 15.0 Å². The van der Waals surface area contributed by atoms with Gasteiger partial charge in [0.05, 0.1) is 19.1 Å². The summed E-state index contributed by atoms with van der Waals surface area (Å²) in [7, 11) is 1.63. The molecule has 1 aromatic heterocycles. The van der Waals surface area contributed by atoms with Crippen LogP contribution >= 0.6 is 0 Å². The largest absolute Gasteiger partial charge is 0.497 e. The first-order valence-corrected chi connectivity index (χ1v) is 10.5. The molecule has 2 N–H and O–H groups in total. The number of methoxy groups -OCH3 is 1.